The molecule has 0 aliphatic rings. The molecule has 1 heterocycles. The molecule has 0 aliphatic heterocycles. The van der Waals surface area contributed by atoms with Gasteiger partial charge in [-0.2, -0.15) is 0 Å². The van der Waals surface area contributed by atoms with Gasteiger partial charge in [0.2, 0.25) is 0 Å². The van der Waals surface area contributed by atoms with Crippen molar-refractivity contribution in [3.8, 4) is 0 Å². The van der Waals surface area contributed by atoms with Crippen LogP contribution in [-0.4, -0.2) is 14.7 Å². The Morgan fingerprint density at radius 1 is 1.53 bits per heavy atom. The second kappa shape index (κ2) is 4.85. The van der Waals surface area contributed by atoms with Crippen LogP contribution in [0, 0.1) is 5.82 Å². The Hall–Kier alpha value is -1.39. The van der Waals surface area contributed by atoms with E-state index in [-0.39, 0.29) is 11.4 Å². The Bertz CT molecular complexity index is 527. The van der Waals surface area contributed by atoms with Crippen molar-refractivity contribution in [1.29, 1.82) is 0 Å². The van der Waals surface area contributed by atoms with Crippen LogP contribution in [0.5, 0.6) is 0 Å². The number of halogens is 2. The molecular formula is C12H12ClFN2O. The highest BCUT2D eigenvalue weighted by atomic mass is 35.5. The molecule has 90 valence electrons. The number of nitrogens with zero attached hydrogens (tertiary/aromatic N) is 2. The summed E-state index contributed by atoms with van der Waals surface area (Å²) in [6, 6.07) is 4.74. The third kappa shape index (κ3) is 2.48. The van der Waals surface area contributed by atoms with Gasteiger partial charge >= 0.3 is 0 Å². The molecule has 2 rings (SSSR count). The predicted molar refractivity (Wildman–Crippen MR) is 63.3 cm³/mol. The zero-order chi connectivity index (χ0) is 12.4. The largest absolute Gasteiger partial charge is 0.385 e. The second-order valence-corrected chi connectivity index (χ2v) is 4.24. The van der Waals surface area contributed by atoms with E-state index in [1.54, 1.807) is 36.1 Å². The quantitative estimate of drug-likeness (QED) is 0.914. The SMILES string of the molecule is Cn1ccnc1C(O)Cc1cccc(Cl)c1F. The van der Waals surface area contributed by atoms with Gasteiger partial charge in [-0.1, -0.05) is 23.7 Å². The van der Waals surface area contributed by atoms with Crippen LogP contribution in [0.2, 0.25) is 5.02 Å². The fraction of sp³-hybridized carbons (Fsp3) is 0.250. The van der Waals surface area contributed by atoms with E-state index in [1.807, 2.05) is 0 Å². The van der Waals surface area contributed by atoms with E-state index in [0.717, 1.165) is 0 Å². The second-order valence-electron chi connectivity index (χ2n) is 3.83. The van der Waals surface area contributed by atoms with Gasteiger partial charge in [0.1, 0.15) is 17.7 Å². The standard InChI is InChI=1S/C12H12ClFN2O/c1-16-6-5-15-12(16)10(17)7-8-3-2-4-9(13)11(8)14/h2-6,10,17H,7H2,1H3. The van der Waals surface area contributed by atoms with Crippen molar-refractivity contribution in [2.45, 2.75) is 12.5 Å². The molecule has 1 N–H and O–H groups in total. The summed E-state index contributed by atoms with van der Waals surface area (Å²) in [6.07, 6.45) is 2.62. The van der Waals surface area contributed by atoms with E-state index < -0.39 is 11.9 Å². The number of rotatable bonds is 3. The van der Waals surface area contributed by atoms with Gasteiger partial charge in [0.25, 0.3) is 0 Å². The van der Waals surface area contributed by atoms with Crippen LogP contribution in [-0.2, 0) is 13.5 Å². The summed E-state index contributed by atoms with van der Waals surface area (Å²) in [5, 5.41) is 10.0. The van der Waals surface area contributed by atoms with Crippen LogP contribution in [0.1, 0.15) is 17.5 Å². The summed E-state index contributed by atoms with van der Waals surface area (Å²) in [5.74, 6) is 0.0202. The fourth-order valence-corrected chi connectivity index (χ4v) is 1.90. The first-order chi connectivity index (χ1) is 8.09. The molecule has 0 saturated carbocycles. The van der Waals surface area contributed by atoms with Gasteiger partial charge in [-0.05, 0) is 11.6 Å². The highest BCUT2D eigenvalue weighted by Gasteiger charge is 2.16. The van der Waals surface area contributed by atoms with Crippen molar-refractivity contribution < 1.29 is 9.50 Å². The number of aromatic nitrogens is 2. The maximum atomic E-state index is 13.6. The van der Waals surface area contributed by atoms with Gasteiger partial charge in [-0.15, -0.1) is 0 Å². The summed E-state index contributed by atoms with van der Waals surface area (Å²) in [7, 11) is 1.78. The lowest BCUT2D eigenvalue weighted by Crippen LogP contribution is -2.09. The number of benzene rings is 1. The van der Waals surface area contributed by atoms with Gasteiger partial charge in [0, 0.05) is 25.9 Å². The van der Waals surface area contributed by atoms with E-state index in [4.69, 9.17) is 11.6 Å². The van der Waals surface area contributed by atoms with Crippen LogP contribution in [0.3, 0.4) is 0 Å². The normalized spacial score (nSPS) is 12.7. The van der Waals surface area contributed by atoms with Crippen LogP contribution in [0.25, 0.3) is 0 Å². The molecule has 5 heteroatoms. The number of imidazole rings is 1. The van der Waals surface area contributed by atoms with E-state index in [0.29, 0.717) is 11.4 Å². The molecule has 3 nitrogen and oxygen atoms in total. The Kier molecular flexibility index (Phi) is 3.45. The average Bonchev–Trinajstić information content (AvgIpc) is 2.71. The van der Waals surface area contributed by atoms with Crippen molar-refractivity contribution >= 4 is 11.6 Å². The Morgan fingerprint density at radius 3 is 2.94 bits per heavy atom. The smallest absolute Gasteiger partial charge is 0.145 e. The van der Waals surface area contributed by atoms with Crippen molar-refractivity contribution in [1.82, 2.24) is 9.55 Å². The summed E-state index contributed by atoms with van der Waals surface area (Å²) in [4.78, 5) is 4.02. The van der Waals surface area contributed by atoms with Crippen LogP contribution in [0.4, 0.5) is 4.39 Å². The minimum absolute atomic E-state index is 0.0644. The average molecular weight is 255 g/mol. The highest BCUT2D eigenvalue weighted by molar-refractivity contribution is 6.30. The zero-order valence-corrected chi connectivity index (χ0v) is 10.0. The molecular weight excluding hydrogens is 243 g/mol. The maximum Gasteiger partial charge on any atom is 0.145 e. The lowest BCUT2D eigenvalue weighted by Gasteiger charge is -2.11. The summed E-state index contributed by atoms with van der Waals surface area (Å²) < 4.78 is 15.3. The van der Waals surface area contributed by atoms with Crippen molar-refractivity contribution in [2.24, 2.45) is 7.05 Å². The summed E-state index contributed by atoms with van der Waals surface area (Å²) in [6.45, 7) is 0. The number of aliphatic hydroxyl groups is 1. The van der Waals surface area contributed by atoms with E-state index in [9.17, 15) is 9.50 Å². The summed E-state index contributed by atoms with van der Waals surface area (Å²) in [5.41, 5.74) is 0.382. The summed E-state index contributed by atoms with van der Waals surface area (Å²) >= 11 is 5.68. The first-order valence-corrected chi connectivity index (χ1v) is 5.55. The van der Waals surface area contributed by atoms with Crippen molar-refractivity contribution in [3.05, 3.63) is 52.8 Å². The molecule has 0 spiro atoms. The van der Waals surface area contributed by atoms with Crippen LogP contribution >= 0.6 is 11.6 Å². The first kappa shape index (κ1) is 12.1. The molecule has 1 aromatic carbocycles. The Morgan fingerprint density at radius 2 is 2.29 bits per heavy atom. The minimum atomic E-state index is -0.844. The van der Waals surface area contributed by atoms with Crippen LogP contribution in [0.15, 0.2) is 30.6 Å². The van der Waals surface area contributed by atoms with Gasteiger partial charge in [-0.25, -0.2) is 9.37 Å². The van der Waals surface area contributed by atoms with Gasteiger partial charge in [0.15, 0.2) is 0 Å². The molecule has 0 bridgehead atoms. The molecule has 1 unspecified atom stereocenters. The lowest BCUT2D eigenvalue weighted by atomic mass is 10.1. The maximum absolute atomic E-state index is 13.6. The van der Waals surface area contributed by atoms with Gasteiger partial charge in [-0.3, -0.25) is 0 Å². The topological polar surface area (TPSA) is 38.0 Å². The molecule has 0 saturated heterocycles. The minimum Gasteiger partial charge on any atom is -0.385 e. The number of aliphatic hydroxyl groups excluding tert-OH is 1. The Labute approximate surface area is 103 Å². The van der Waals surface area contributed by atoms with Gasteiger partial charge in [0.05, 0.1) is 5.02 Å². The molecule has 2 aromatic rings. The molecule has 0 aliphatic carbocycles. The molecule has 1 aromatic heterocycles. The predicted octanol–water partition coefficient (Wildman–Crippen LogP) is 2.49. The first-order valence-electron chi connectivity index (χ1n) is 5.17. The Balaban J connectivity index is 2.22. The van der Waals surface area contributed by atoms with Crippen molar-refractivity contribution in [3.63, 3.8) is 0 Å². The van der Waals surface area contributed by atoms with E-state index >= 15 is 0 Å². The molecule has 0 fully saturated rings. The van der Waals surface area contributed by atoms with Crippen molar-refractivity contribution in [2.75, 3.05) is 0 Å². The number of hydrogen-bond donors (Lipinski definition) is 1. The lowest BCUT2D eigenvalue weighted by molar-refractivity contribution is 0.164. The third-order valence-electron chi connectivity index (χ3n) is 2.60. The molecule has 0 amide bonds. The van der Waals surface area contributed by atoms with E-state index in [1.165, 1.54) is 6.07 Å². The molecule has 1 atom stereocenters. The molecule has 0 radical (unpaired) electrons. The fourth-order valence-electron chi connectivity index (χ4n) is 1.70. The highest BCUT2D eigenvalue weighted by Crippen LogP contribution is 2.22. The third-order valence-corrected chi connectivity index (χ3v) is 2.89. The number of aryl methyl sites for hydroxylation is 1. The van der Waals surface area contributed by atoms with Gasteiger partial charge < -0.3 is 9.67 Å². The molecule has 17 heavy (non-hydrogen) atoms. The van der Waals surface area contributed by atoms with Crippen LogP contribution < -0.4 is 0 Å². The number of hydrogen-bond acceptors (Lipinski definition) is 2. The monoisotopic (exact) mass is 254 g/mol. The zero-order valence-electron chi connectivity index (χ0n) is 9.27. The van der Waals surface area contributed by atoms with E-state index in [2.05, 4.69) is 4.98 Å².